The SMILES string of the molecule is COc1ccc(C2=C(N3CCN(C)CC3)C(=O)N(c3cccc(Cl)c3)C2=O)cc1. The number of imide groups is 1. The van der Waals surface area contributed by atoms with E-state index in [0.717, 1.165) is 13.1 Å². The molecule has 2 aromatic carbocycles. The van der Waals surface area contributed by atoms with Crippen LogP contribution in [-0.2, 0) is 9.59 Å². The fourth-order valence-corrected chi connectivity index (χ4v) is 3.89. The molecule has 0 aliphatic carbocycles. The molecule has 0 radical (unpaired) electrons. The molecular formula is C22H22ClN3O3. The molecule has 0 N–H and O–H groups in total. The van der Waals surface area contributed by atoms with Crippen LogP contribution in [0.2, 0.25) is 5.02 Å². The maximum atomic E-state index is 13.4. The van der Waals surface area contributed by atoms with E-state index in [4.69, 9.17) is 16.3 Å². The van der Waals surface area contributed by atoms with Crippen LogP contribution in [0.1, 0.15) is 5.56 Å². The standard InChI is InChI=1S/C22H22ClN3O3/c1-24-10-12-25(13-11-24)20-19(15-6-8-18(29-2)9-7-15)21(27)26(22(20)28)17-5-3-4-16(23)14-17/h3-9,14H,10-13H2,1-2H3. The zero-order chi connectivity index (χ0) is 20.5. The number of anilines is 1. The van der Waals surface area contributed by atoms with Crippen molar-refractivity contribution in [3.8, 4) is 5.75 Å². The Balaban J connectivity index is 1.80. The van der Waals surface area contributed by atoms with E-state index in [0.29, 0.717) is 46.4 Å². The number of benzene rings is 2. The predicted molar refractivity (Wildman–Crippen MR) is 113 cm³/mol. The highest BCUT2D eigenvalue weighted by Crippen LogP contribution is 2.36. The molecule has 0 bridgehead atoms. The molecule has 0 atom stereocenters. The zero-order valence-corrected chi connectivity index (χ0v) is 17.1. The van der Waals surface area contributed by atoms with Crippen molar-refractivity contribution in [1.29, 1.82) is 0 Å². The lowest BCUT2D eigenvalue weighted by atomic mass is 10.0. The molecule has 2 aliphatic rings. The number of rotatable bonds is 4. The normalized spacial score (nSPS) is 18.0. The lowest BCUT2D eigenvalue weighted by Crippen LogP contribution is -2.46. The molecule has 2 amide bonds. The fraction of sp³-hybridized carbons (Fsp3) is 0.273. The van der Waals surface area contributed by atoms with Gasteiger partial charge in [-0.15, -0.1) is 0 Å². The summed E-state index contributed by atoms with van der Waals surface area (Å²) in [5.41, 5.74) is 2.04. The van der Waals surface area contributed by atoms with E-state index in [-0.39, 0.29) is 11.8 Å². The fourth-order valence-electron chi connectivity index (χ4n) is 3.71. The van der Waals surface area contributed by atoms with Gasteiger partial charge in [0.2, 0.25) is 0 Å². The molecule has 0 saturated carbocycles. The maximum Gasteiger partial charge on any atom is 0.282 e. The Morgan fingerprint density at radius 2 is 1.62 bits per heavy atom. The van der Waals surface area contributed by atoms with Crippen molar-refractivity contribution in [1.82, 2.24) is 9.80 Å². The summed E-state index contributed by atoms with van der Waals surface area (Å²) in [6.45, 7) is 3.04. The van der Waals surface area contributed by atoms with Gasteiger partial charge in [0.15, 0.2) is 0 Å². The van der Waals surface area contributed by atoms with Crippen molar-refractivity contribution >= 4 is 34.7 Å². The van der Waals surface area contributed by atoms with Gasteiger partial charge >= 0.3 is 0 Å². The van der Waals surface area contributed by atoms with Crippen LogP contribution in [0.4, 0.5) is 5.69 Å². The van der Waals surface area contributed by atoms with Crippen LogP contribution < -0.4 is 9.64 Å². The lowest BCUT2D eigenvalue weighted by molar-refractivity contribution is -0.120. The Morgan fingerprint density at radius 3 is 2.24 bits per heavy atom. The molecule has 1 saturated heterocycles. The number of carbonyl (C=O) groups is 2. The molecular weight excluding hydrogens is 390 g/mol. The summed E-state index contributed by atoms with van der Waals surface area (Å²) in [7, 11) is 3.64. The van der Waals surface area contributed by atoms with Gasteiger partial charge in [-0.05, 0) is 42.9 Å². The molecule has 0 unspecified atom stereocenters. The number of likely N-dealkylation sites (N-methyl/N-ethyl adjacent to an activating group) is 1. The molecule has 1 fully saturated rings. The molecule has 150 valence electrons. The third-order valence-corrected chi connectivity index (χ3v) is 5.56. The number of nitrogens with zero attached hydrogens (tertiary/aromatic N) is 3. The first kappa shape index (κ1) is 19.5. The second kappa shape index (κ2) is 7.89. The Kier molecular flexibility index (Phi) is 5.30. The van der Waals surface area contributed by atoms with E-state index >= 15 is 0 Å². The number of ether oxygens (including phenoxy) is 1. The lowest BCUT2D eigenvalue weighted by Gasteiger charge is -2.34. The maximum absolute atomic E-state index is 13.4. The Hall–Kier alpha value is -2.83. The Morgan fingerprint density at radius 1 is 0.931 bits per heavy atom. The highest BCUT2D eigenvalue weighted by molar-refractivity contribution is 6.45. The number of hydrogen-bond donors (Lipinski definition) is 0. The van der Waals surface area contributed by atoms with E-state index in [9.17, 15) is 9.59 Å². The van der Waals surface area contributed by atoms with Crippen molar-refractivity contribution in [2.24, 2.45) is 0 Å². The number of halogens is 1. The molecule has 2 aromatic rings. The van der Waals surface area contributed by atoms with Crippen molar-refractivity contribution in [3.63, 3.8) is 0 Å². The van der Waals surface area contributed by atoms with Crippen LogP contribution in [0.3, 0.4) is 0 Å². The summed E-state index contributed by atoms with van der Waals surface area (Å²) < 4.78 is 5.23. The van der Waals surface area contributed by atoms with Crippen LogP contribution in [0.5, 0.6) is 5.75 Å². The van der Waals surface area contributed by atoms with Gasteiger partial charge in [-0.25, -0.2) is 4.90 Å². The predicted octanol–water partition coefficient (Wildman–Crippen LogP) is 2.88. The van der Waals surface area contributed by atoms with Gasteiger partial charge in [0, 0.05) is 31.2 Å². The molecule has 0 aromatic heterocycles. The third-order valence-electron chi connectivity index (χ3n) is 5.32. The van der Waals surface area contributed by atoms with Gasteiger partial charge in [-0.1, -0.05) is 29.8 Å². The molecule has 4 rings (SSSR count). The zero-order valence-electron chi connectivity index (χ0n) is 16.4. The second-order valence-corrected chi connectivity index (χ2v) is 7.60. The highest BCUT2D eigenvalue weighted by atomic mass is 35.5. The average Bonchev–Trinajstić information content (AvgIpc) is 2.99. The van der Waals surface area contributed by atoms with Gasteiger partial charge in [-0.2, -0.15) is 0 Å². The minimum atomic E-state index is -0.337. The van der Waals surface area contributed by atoms with E-state index < -0.39 is 0 Å². The molecule has 29 heavy (non-hydrogen) atoms. The van der Waals surface area contributed by atoms with Crippen LogP contribution in [0.15, 0.2) is 54.2 Å². The van der Waals surface area contributed by atoms with E-state index in [1.54, 1.807) is 43.5 Å². The van der Waals surface area contributed by atoms with Crippen molar-refractivity contribution in [2.75, 3.05) is 45.2 Å². The summed E-state index contributed by atoms with van der Waals surface area (Å²) in [6, 6.07) is 14.0. The van der Waals surface area contributed by atoms with Gasteiger partial charge < -0.3 is 14.5 Å². The Bertz CT molecular complexity index is 979. The van der Waals surface area contributed by atoms with Gasteiger partial charge in [0.05, 0.1) is 18.4 Å². The highest BCUT2D eigenvalue weighted by Gasteiger charge is 2.42. The van der Waals surface area contributed by atoms with Crippen molar-refractivity contribution in [2.45, 2.75) is 0 Å². The monoisotopic (exact) mass is 411 g/mol. The number of carbonyl (C=O) groups excluding carboxylic acids is 2. The molecule has 2 heterocycles. The smallest absolute Gasteiger partial charge is 0.282 e. The van der Waals surface area contributed by atoms with Crippen molar-refractivity contribution in [3.05, 3.63) is 64.8 Å². The summed E-state index contributed by atoms with van der Waals surface area (Å²) in [6.07, 6.45) is 0. The van der Waals surface area contributed by atoms with Crippen LogP contribution in [0.25, 0.3) is 5.57 Å². The molecule has 6 nitrogen and oxygen atoms in total. The minimum Gasteiger partial charge on any atom is -0.497 e. The molecule has 2 aliphatic heterocycles. The summed E-state index contributed by atoms with van der Waals surface area (Å²) in [4.78, 5) is 32.3. The first-order valence-electron chi connectivity index (χ1n) is 9.46. The minimum absolute atomic E-state index is 0.312. The first-order valence-corrected chi connectivity index (χ1v) is 9.84. The topological polar surface area (TPSA) is 53.1 Å². The van der Waals surface area contributed by atoms with E-state index in [1.165, 1.54) is 4.90 Å². The van der Waals surface area contributed by atoms with Crippen LogP contribution in [0, 0.1) is 0 Å². The largest absolute Gasteiger partial charge is 0.497 e. The average molecular weight is 412 g/mol. The molecule has 7 heteroatoms. The summed E-state index contributed by atoms with van der Waals surface area (Å²) in [5.74, 6) is 0.0444. The second-order valence-electron chi connectivity index (χ2n) is 7.17. The van der Waals surface area contributed by atoms with E-state index in [2.05, 4.69) is 11.9 Å². The quantitative estimate of drug-likeness (QED) is 0.724. The van der Waals surface area contributed by atoms with E-state index in [1.807, 2.05) is 17.0 Å². The summed E-state index contributed by atoms with van der Waals surface area (Å²) in [5, 5.41) is 0.474. The Labute approximate surface area is 174 Å². The van der Waals surface area contributed by atoms with Gasteiger partial charge in [-0.3, -0.25) is 9.59 Å². The number of methoxy groups -OCH3 is 1. The van der Waals surface area contributed by atoms with Crippen LogP contribution >= 0.6 is 11.6 Å². The first-order chi connectivity index (χ1) is 14.0. The van der Waals surface area contributed by atoms with Crippen LogP contribution in [-0.4, -0.2) is 62.0 Å². The molecule has 0 spiro atoms. The number of piperazine rings is 1. The summed E-state index contributed by atoms with van der Waals surface area (Å²) >= 11 is 6.11. The van der Waals surface area contributed by atoms with Gasteiger partial charge in [0.1, 0.15) is 11.4 Å². The van der Waals surface area contributed by atoms with Gasteiger partial charge in [0.25, 0.3) is 11.8 Å². The van der Waals surface area contributed by atoms with Crippen molar-refractivity contribution < 1.29 is 14.3 Å². The number of hydrogen-bond acceptors (Lipinski definition) is 5. The third kappa shape index (κ3) is 3.61. The number of amides is 2.